The van der Waals surface area contributed by atoms with Gasteiger partial charge in [0.25, 0.3) is 0 Å². The highest BCUT2D eigenvalue weighted by molar-refractivity contribution is 6.66. The Morgan fingerprint density at radius 2 is 1.43 bits per heavy atom. The summed E-state index contributed by atoms with van der Waals surface area (Å²) in [4.78, 5) is 3.71. The molecule has 2 aromatic carbocycles. The number of nitrogens with one attached hydrogen (secondary N) is 2. The number of rotatable bonds is 2. The summed E-state index contributed by atoms with van der Waals surface area (Å²) < 4.78 is 19.0. The van der Waals surface area contributed by atoms with Crippen LogP contribution >= 0.6 is 0 Å². The molecular weight excluding hydrogens is 434 g/mol. The van der Waals surface area contributed by atoms with Crippen molar-refractivity contribution in [1.82, 2.24) is 10.2 Å². The van der Waals surface area contributed by atoms with Crippen molar-refractivity contribution in [2.24, 2.45) is 0 Å². The van der Waals surface area contributed by atoms with E-state index in [1.54, 1.807) is 0 Å². The van der Waals surface area contributed by atoms with Crippen molar-refractivity contribution >= 4 is 36.0 Å². The normalized spacial score (nSPS) is 23.5. The average Bonchev–Trinajstić information content (AvgIpc) is 3.33. The molecule has 0 saturated carbocycles. The van der Waals surface area contributed by atoms with Crippen LogP contribution in [0.15, 0.2) is 36.4 Å². The number of fused-ring (bicyclic) bond motifs is 5. The smallest absolute Gasteiger partial charge is 0.411 e. The summed E-state index contributed by atoms with van der Waals surface area (Å²) in [6.45, 7) is 17.1. The Kier molecular flexibility index (Phi) is 4.84. The number of H-pyrrole nitrogens is 1. The zero-order valence-electron chi connectivity index (χ0n) is 22.3. The summed E-state index contributed by atoms with van der Waals surface area (Å²) in [5.74, 6) is 0. The fraction of sp³-hybridized carbons (Fsp3) is 0.500. The summed E-state index contributed by atoms with van der Waals surface area (Å²) in [5.41, 5.74) is 7.72. The second-order valence-electron chi connectivity index (χ2n) is 12.6. The predicted octanol–water partition coefficient (Wildman–Crippen LogP) is 4.10. The Hall–Kier alpha value is -2.05. The molecule has 3 aliphatic rings. The minimum atomic E-state index is -0.346. The monoisotopic (exact) mass is 470 g/mol. The van der Waals surface area contributed by atoms with Gasteiger partial charge in [-0.2, -0.15) is 0 Å². The van der Waals surface area contributed by atoms with E-state index in [2.05, 4.69) is 102 Å². The molecule has 0 unspecified atom stereocenters. The molecule has 0 radical (unpaired) electrons. The lowest BCUT2D eigenvalue weighted by Crippen LogP contribution is -2.51. The van der Waals surface area contributed by atoms with Gasteiger partial charge in [-0.3, -0.25) is 0 Å². The first kappa shape index (κ1) is 23.4. The molecule has 1 aliphatic carbocycles. The quantitative estimate of drug-likeness (QED) is 0.554. The molecule has 0 atom stereocenters. The average molecular weight is 470 g/mol. The van der Waals surface area contributed by atoms with Gasteiger partial charge < -0.3 is 24.2 Å². The molecule has 0 bridgehead atoms. The van der Waals surface area contributed by atoms with Crippen LogP contribution < -0.4 is 16.2 Å². The minimum Gasteiger partial charge on any atom is -0.411 e. The van der Waals surface area contributed by atoms with Gasteiger partial charge in [-0.1, -0.05) is 30.3 Å². The maximum absolute atomic E-state index is 6.41. The van der Waals surface area contributed by atoms with E-state index in [1.807, 2.05) is 0 Å². The van der Waals surface area contributed by atoms with Crippen LogP contribution in [0.2, 0.25) is 0 Å². The van der Waals surface area contributed by atoms with Gasteiger partial charge in [-0.05, 0) is 96.4 Å². The van der Waals surface area contributed by atoms with Gasteiger partial charge in [0.05, 0.1) is 16.8 Å². The third-order valence-corrected chi connectivity index (χ3v) is 9.21. The number of aromatic nitrogens is 1. The van der Waals surface area contributed by atoms with E-state index in [4.69, 9.17) is 14.0 Å². The Morgan fingerprint density at radius 3 is 2.09 bits per heavy atom. The molecule has 3 aromatic rings. The van der Waals surface area contributed by atoms with E-state index >= 15 is 0 Å². The molecule has 2 N–H and O–H groups in total. The van der Waals surface area contributed by atoms with Crippen molar-refractivity contribution < 1.29 is 14.0 Å². The van der Waals surface area contributed by atoms with E-state index in [9.17, 15) is 0 Å². The first-order chi connectivity index (χ1) is 16.3. The van der Waals surface area contributed by atoms with Crippen molar-refractivity contribution in [3.05, 3.63) is 47.5 Å². The molecule has 6 rings (SSSR count). The van der Waals surface area contributed by atoms with Crippen molar-refractivity contribution in [1.29, 1.82) is 0 Å². The van der Waals surface area contributed by atoms with Crippen LogP contribution in [0.3, 0.4) is 0 Å². The molecule has 0 amide bonds. The first-order valence-corrected chi connectivity index (χ1v) is 12.9. The van der Waals surface area contributed by atoms with E-state index in [0.717, 1.165) is 23.8 Å². The molecule has 2 saturated heterocycles. The third-order valence-electron chi connectivity index (χ3n) is 9.21. The zero-order valence-corrected chi connectivity index (χ0v) is 22.3. The number of hydrogen-bond donors (Lipinski definition) is 2. The van der Waals surface area contributed by atoms with Crippen LogP contribution in [-0.2, 0) is 26.8 Å². The molecule has 3 heterocycles. The van der Waals surface area contributed by atoms with Gasteiger partial charge in [-0.15, -0.1) is 0 Å². The van der Waals surface area contributed by atoms with Gasteiger partial charge >= 0.3 is 14.2 Å². The standard InChI is InChI=1S/C28H36B2N2O3/c1-25(2)26(3,4)33-29(32-25)18-10-13-20-17(15-18)9-12-21-22-16-19(11-14-23(22)31-24(20)21)30-34-27(5,6)28(7,8)35-30/h10-11,13-16,31-32H,9,12H2,1-8H3. The minimum absolute atomic E-state index is 0.0862. The molecule has 2 fully saturated rings. The number of aryl methyl sites for hydroxylation is 2. The van der Waals surface area contributed by atoms with Gasteiger partial charge in [0.15, 0.2) is 0 Å². The SMILES string of the molecule is CC1(C)NB(c2ccc3c(c2)CCc2c-3[nH]c3ccc(B4OC(C)(C)C(C)(C)O4)cc23)OC1(C)C. The molecule has 7 heteroatoms. The third kappa shape index (κ3) is 3.46. The maximum atomic E-state index is 6.41. The van der Waals surface area contributed by atoms with Crippen LogP contribution in [0.5, 0.6) is 0 Å². The molecule has 1 aromatic heterocycles. The van der Waals surface area contributed by atoms with Crippen LogP contribution in [0.1, 0.15) is 66.5 Å². The van der Waals surface area contributed by atoms with Gasteiger partial charge in [0.1, 0.15) is 0 Å². The number of hydrogen-bond acceptors (Lipinski definition) is 4. The highest BCUT2D eigenvalue weighted by Gasteiger charge is 2.52. The van der Waals surface area contributed by atoms with Gasteiger partial charge in [-0.25, -0.2) is 0 Å². The fourth-order valence-corrected chi connectivity index (χ4v) is 5.49. The second kappa shape index (κ2) is 7.25. The van der Waals surface area contributed by atoms with E-state index < -0.39 is 0 Å². The lowest BCUT2D eigenvalue weighted by Gasteiger charge is -2.33. The molecule has 182 valence electrons. The van der Waals surface area contributed by atoms with Crippen LogP contribution in [0.4, 0.5) is 0 Å². The topological polar surface area (TPSA) is 55.5 Å². The second-order valence-corrected chi connectivity index (χ2v) is 12.6. The predicted molar refractivity (Wildman–Crippen MR) is 145 cm³/mol. The maximum Gasteiger partial charge on any atom is 0.494 e. The van der Waals surface area contributed by atoms with Crippen LogP contribution in [0, 0.1) is 0 Å². The largest absolute Gasteiger partial charge is 0.494 e. The van der Waals surface area contributed by atoms with Crippen LogP contribution in [-0.4, -0.2) is 41.5 Å². The Morgan fingerprint density at radius 1 is 0.743 bits per heavy atom. The van der Waals surface area contributed by atoms with E-state index in [1.165, 1.54) is 33.2 Å². The van der Waals surface area contributed by atoms with Gasteiger partial charge in [0.2, 0.25) is 0 Å². The first-order valence-electron chi connectivity index (χ1n) is 12.9. The molecular formula is C28H36B2N2O3. The molecule has 35 heavy (non-hydrogen) atoms. The number of aromatic amines is 1. The lowest BCUT2D eigenvalue weighted by atomic mass is 9.71. The van der Waals surface area contributed by atoms with E-state index in [-0.39, 0.29) is 36.5 Å². The molecule has 0 spiro atoms. The fourth-order valence-electron chi connectivity index (χ4n) is 5.49. The summed E-state index contributed by atoms with van der Waals surface area (Å²) in [6.07, 6.45) is 2.03. The summed E-state index contributed by atoms with van der Waals surface area (Å²) in [7, 11) is -0.433. The highest BCUT2D eigenvalue weighted by atomic mass is 16.7. The summed E-state index contributed by atoms with van der Waals surface area (Å²) in [6, 6.07) is 13.4. The molecule has 5 nitrogen and oxygen atoms in total. The Bertz CT molecular complexity index is 1310. The van der Waals surface area contributed by atoms with Gasteiger partial charge in [0, 0.05) is 27.7 Å². The van der Waals surface area contributed by atoms with Crippen molar-refractivity contribution in [2.45, 2.75) is 90.6 Å². The summed E-state index contributed by atoms with van der Waals surface area (Å²) in [5, 5.41) is 4.94. The van der Waals surface area contributed by atoms with Crippen molar-refractivity contribution in [3.63, 3.8) is 0 Å². The molecule has 2 aliphatic heterocycles. The number of benzene rings is 2. The summed E-state index contributed by atoms with van der Waals surface area (Å²) >= 11 is 0. The van der Waals surface area contributed by atoms with Crippen molar-refractivity contribution in [2.75, 3.05) is 0 Å². The van der Waals surface area contributed by atoms with Crippen molar-refractivity contribution in [3.8, 4) is 11.3 Å². The Balaban J connectivity index is 1.34. The lowest BCUT2D eigenvalue weighted by molar-refractivity contribution is 0.00578. The zero-order chi connectivity index (χ0) is 25.0. The Labute approximate surface area is 209 Å². The van der Waals surface area contributed by atoms with Crippen LogP contribution in [0.25, 0.3) is 22.2 Å². The van der Waals surface area contributed by atoms with E-state index in [0.29, 0.717) is 0 Å². The highest BCUT2D eigenvalue weighted by Crippen LogP contribution is 2.39.